The van der Waals surface area contributed by atoms with E-state index in [4.69, 9.17) is 11.6 Å². The molecule has 0 aliphatic heterocycles. The van der Waals surface area contributed by atoms with Crippen molar-refractivity contribution in [1.82, 2.24) is 10.3 Å². The van der Waals surface area contributed by atoms with Crippen molar-refractivity contribution in [3.8, 4) is 0 Å². The summed E-state index contributed by atoms with van der Waals surface area (Å²) in [4.78, 5) is 0. The lowest BCUT2D eigenvalue weighted by atomic mass is 10.2. The SMILES string of the molecule is NC1CCC(N(N)CCCNCC2CC2)C1. The molecular weight excluding hydrogens is 200 g/mol. The van der Waals surface area contributed by atoms with Crippen LogP contribution in [0.4, 0.5) is 0 Å². The summed E-state index contributed by atoms with van der Waals surface area (Å²) in [5.74, 6) is 7.02. The molecule has 2 aliphatic rings. The van der Waals surface area contributed by atoms with E-state index in [-0.39, 0.29) is 0 Å². The zero-order valence-corrected chi connectivity index (χ0v) is 10.2. The van der Waals surface area contributed by atoms with Crippen LogP contribution in [-0.4, -0.2) is 36.7 Å². The molecule has 16 heavy (non-hydrogen) atoms. The summed E-state index contributed by atoms with van der Waals surface area (Å²) in [6.07, 6.45) is 7.39. The van der Waals surface area contributed by atoms with E-state index < -0.39 is 0 Å². The molecule has 0 radical (unpaired) electrons. The quantitative estimate of drug-likeness (QED) is 0.335. The van der Waals surface area contributed by atoms with Crippen molar-refractivity contribution >= 4 is 0 Å². The fourth-order valence-corrected chi connectivity index (χ4v) is 2.49. The van der Waals surface area contributed by atoms with Gasteiger partial charge >= 0.3 is 0 Å². The minimum Gasteiger partial charge on any atom is -0.328 e. The Morgan fingerprint density at radius 3 is 2.62 bits per heavy atom. The monoisotopic (exact) mass is 226 g/mol. The van der Waals surface area contributed by atoms with Crippen LogP contribution in [0.1, 0.15) is 38.5 Å². The zero-order chi connectivity index (χ0) is 11.4. The highest BCUT2D eigenvalue weighted by Crippen LogP contribution is 2.27. The lowest BCUT2D eigenvalue weighted by Crippen LogP contribution is -2.41. The third-order valence-corrected chi connectivity index (χ3v) is 3.81. The topological polar surface area (TPSA) is 67.3 Å². The van der Waals surface area contributed by atoms with Crippen molar-refractivity contribution in [2.75, 3.05) is 19.6 Å². The summed E-state index contributed by atoms with van der Waals surface area (Å²) >= 11 is 0. The molecule has 0 amide bonds. The van der Waals surface area contributed by atoms with Crippen molar-refractivity contribution in [1.29, 1.82) is 0 Å². The second kappa shape index (κ2) is 5.96. The maximum atomic E-state index is 6.05. The highest BCUT2D eigenvalue weighted by molar-refractivity contribution is 4.83. The van der Waals surface area contributed by atoms with Gasteiger partial charge in [-0.3, -0.25) is 5.84 Å². The average Bonchev–Trinajstić information content (AvgIpc) is 2.99. The summed E-state index contributed by atoms with van der Waals surface area (Å²) in [5.41, 5.74) is 5.88. The lowest BCUT2D eigenvalue weighted by molar-refractivity contribution is 0.199. The number of hydrogen-bond acceptors (Lipinski definition) is 4. The smallest absolute Gasteiger partial charge is 0.0256 e. The summed E-state index contributed by atoms with van der Waals surface area (Å²) in [6.45, 7) is 3.30. The van der Waals surface area contributed by atoms with Gasteiger partial charge in [-0.1, -0.05) is 0 Å². The van der Waals surface area contributed by atoms with Crippen molar-refractivity contribution < 1.29 is 0 Å². The van der Waals surface area contributed by atoms with Gasteiger partial charge in [0, 0.05) is 18.6 Å². The van der Waals surface area contributed by atoms with E-state index in [0.29, 0.717) is 12.1 Å². The summed E-state index contributed by atoms with van der Waals surface area (Å²) in [6, 6.07) is 0.905. The fraction of sp³-hybridized carbons (Fsp3) is 1.00. The molecule has 5 N–H and O–H groups in total. The van der Waals surface area contributed by atoms with Crippen LogP contribution in [0.3, 0.4) is 0 Å². The highest BCUT2D eigenvalue weighted by Gasteiger charge is 2.25. The Kier molecular flexibility index (Phi) is 4.58. The summed E-state index contributed by atoms with van der Waals surface area (Å²) in [7, 11) is 0. The van der Waals surface area contributed by atoms with Gasteiger partial charge in [0.05, 0.1) is 0 Å². The van der Waals surface area contributed by atoms with E-state index in [0.717, 1.165) is 38.3 Å². The van der Waals surface area contributed by atoms with Gasteiger partial charge in [-0.05, 0) is 57.5 Å². The van der Waals surface area contributed by atoms with Crippen molar-refractivity contribution in [2.24, 2.45) is 17.5 Å². The molecule has 2 atom stereocenters. The second-order valence-corrected chi connectivity index (χ2v) is 5.47. The first kappa shape index (κ1) is 12.3. The van der Waals surface area contributed by atoms with E-state index in [2.05, 4.69) is 5.32 Å². The van der Waals surface area contributed by atoms with Crippen molar-refractivity contribution in [2.45, 2.75) is 50.6 Å². The number of nitrogens with one attached hydrogen (secondary N) is 1. The maximum Gasteiger partial charge on any atom is 0.0256 e. The maximum absolute atomic E-state index is 6.05. The van der Waals surface area contributed by atoms with Gasteiger partial charge in [-0.25, -0.2) is 5.01 Å². The largest absolute Gasteiger partial charge is 0.328 e. The van der Waals surface area contributed by atoms with E-state index in [1.54, 1.807) is 0 Å². The molecule has 0 bridgehead atoms. The van der Waals surface area contributed by atoms with Crippen LogP contribution in [-0.2, 0) is 0 Å². The van der Waals surface area contributed by atoms with Gasteiger partial charge < -0.3 is 11.1 Å². The Bertz CT molecular complexity index is 205. The van der Waals surface area contributed by atoms with Crippen LogP contribution in [0, 0.1) is 5.92 Å². The van der Waals surface area contributed by atoms with Crippen LogP contribution < -0.4 is 16.9 Å². The second-order valence-electron chi connectivity index (χ2n) is 5.47. The first-order chi connectivity index (χ1) is 7.75. The molecule has 0 saturated heterocycles. The van der Waals surface area contributed by atoms with Crippen molar-refractivity contribution in [3.05, 3.63) is 0 Å². The number of rotatable bonds is 7. The first-order valence-electron chi connectivity index (χ1n) is 6.73. The van der Waals surface area contributed by atoms with Crippen LogP contribution in [0.2, 0.25) is 0 Å². The van der Waals surface area contributed by atoms with Gasteiger partial charge in [0.15, 0.2) is 0 Å². The molecule has 0 heterocycles. The predicted molar refractivity (Wildman–Crippen MR) is 66.7 cm³/mol. The third kappa shape index (κ3) is 4.01. The molecule has 4 heteroatoms. The van der Waals surface area contributed by atoms with E-state index in [1.807, 2.05) is 5.01 Å². The molecule has 2 aliphatic carbocycles. The molecule has 94 valence electrons. The molecule has 0 aromatic heterocycles. The number of hydrazine groups is 1. The Labute approximate surface area is 98.7 Å². The molecule has 0 spiro atoms. The number of hydrogen-bond donors (Lipinski definition) is 3. The molecule has 2 rings (SSSR count). The highest BCUT2D eigenvalue weighted by atomic mass is 15.4. The predicted octanol–water partition coefficient (Wildman–Crippen LogP) is 0.432. The fourth-order valence-electron chi connectivity index (χ4n) is 2.49. The van der Waals surface area contributed by atoms with Crippen LogP contribution >= 0.6 is 0 Å². The van der Waals surface area contributed by atoms with Gasteiger partial charge in [0.25, 0.3) is 0 Å². The lowest BCUT2D eigenvalue weighted by Gasteiger charge is -2.23. The van der Waals surface area contributed by atoms with Gasteiger partial charge in [0.2, 0.25) is 0 Å². The van der Waals surface area contributed by atoms with Gasteiger partial charge in [0.1, 0.15) is 0 Å². The number of nitrogens with zero attached hydrogens (tertiary/aromatic N) is 1. The summed E-state index contributed by atoms with van der Waals surface area (Å²) < 4.78 is 0. The molecule has 2 unspecified atom stereocenters. The normalized spacial score (nSPS) is 30.2. The van der Waals surface area contributed by atoms with E-state index in [9.17, 15) is 0 Å². The van der Waals surface area contributed by atoms with Gasteiger partial charge in [-0.2, -0.15) is 0 Å². The minimum absolute atomic E-state index is 0.379. The first-order valence-corrected chi connectivity index (χ1v) is 6.73. The van der Waals surface area contributed by atoms with E-state index >= 15 is 0 Å². The minimum atomic E-state index is 0.379. The van der Waals surface area contributed by atoms with Crippen LogP contribution in [0.15, 0.2) is 0 Å². The Morgan fingerprint density at radius 1 is 1.19 bits per heavy atom. The molecule has 0 aromatic rings. The molecule has 2 saturated carbocycles. The Balaban J connectivity index is 1.48. The van der Waals surface area contributed by atoms with Crippen molar-refractivity contribution in [3.63, 3.8) is 0 Å². The molecule has 0 aromatic carbocycles. The Hall–Kier alpha value is -0.160. The Morgan fingerprint density at radius 2 is 2.00 bits per heavy atom. The van der Waals surface area contributed by atoms with Gasteiger partial charge in [-0.15, -0.1) is 0 Å². The molecule has 2 fully saturated rings. The van der Waals surface area contributed by atoms with E-state index in [1.165, 1.54) is 25.8 Å². The van der Waals surface area contributed by atoms with Crippen LogP contribution in [0.5, 0.6) is 0 Å². The molecule has 4 nitrogen and oxygen atoms in total. The third-order valence-electron chi connectivity index (χ3n) is 3.81. The molecular formula is C12H26N4. The van der Waals surface area contributed by atoms with Crippen LogP contribution in [0.25, 0.3) is 0 Å². The number of nitrogens with two attached hydrogens (primary N) is 2. The average molecular weight is 226 g/mol. The summed E-state index contributed by atoms with van der Waals surface area (Å²) in [5, 5.41) is 5.50. The standard InChI is InChI=1S/C12H26N4/c13-11-4-5-12(8-11)16(14)7-1-6-15-9-10-2-3-10/h10-12,15H,1-9,13-14H2. The zero-order valence-electron chi connectivity index (χ0n) is 10.2.